The lowest BCUT2D eigenvalue weighted by molar-refractivity contribution is 1.43. The van der Waals surface area contributed by atoms with Gasteiger partial charge < -0.3 is 0 Å². The first-order chi connectivity index (χ1) is 9.76. The summed E-state index contributed by atoms with van der Waals surface area (Å²) in [7, 11) is 0. The Morgan fingerprint density at radius 3 is 2.80 bits per heavy atom. The van der Waals surface area contributed by atoms with Gasteiger partial charge in [0.05, 0.1) is 15.8 Å². The standard InChI is InChI=1S/C17H12N2S/c1-12-5-4-6-13(9-12)10-14(11-18)17-19-15-7-2-3-8-16(15)20-17/h2-10H,1H3/b14-10+. The van der Waals surface area contributed by atoms with Crippen LogP contribution < -0.4 is 0 Å². The Morgan fingerprint density at radius 2 is 2.05 bits per heavy atom. The van der Waals surface area contributed by atoms with Crippen molar-refractivity contribution in [1.29, 1.82) is 5.26 Å². The van der Waals surface area contributed by atoms with Crippen LogP contribution in [-0.4, -0.2) is 4.98 Å². The number of hydrogen-bond acceptors (Lipinski definition) is 3. The van der Waals surface area contributed by atoms with Crippen LogP contribution in [0.2, 0.25) is 0 Å². The van der Waals surface area contributed by atoms with Gasteiger partial charge in [0.15, 0.2) is 0 Å². The molecule has 0 aliphatic heterocycles. The summed E-state index contributed by atoms with van der Waals surface area (Å²) in [5.74, 6) is 0. The van der Waals surface area contributed by atoms with Crippen LogP contribution in [0.15, 0.2) is 48.5 Å². The average Bonchev–Trinajstić information content (AvgIpc) is 2.88. The summed E-state index contributed by atoms with van der Waals surface area (Å²) in [6.07, 6.45) is 1.89. The van der Waals surface area contributed by atoms with E-state index in [0.717, 1.165) is 20.8 Å². The van der Waals surface area contributed by atoms with Gasteiger partial charge in [0.2, 0.25) is 0 Å². The molecule has 3 heteroatoms. The zero-order valence-electron chi connectivity index (χ0n) is 11.0. The lowest BCUT2D eigenvalue weighted by atomic mass is 10.1. The second-order valence-electron chi connectivity index (χ2n) is 4.57. The number of para-hydroxylation sites is 1. The third-order valence-corrected chi connectivity index (χ3v) is 4.07. The van der Waals surface area contributed by atoms with Gasteiger partial charge in [-0.25, -0.2) is 4.98 Å². The van der Waals surface area contributed by atoms with Crippen molar-refractivity contribution in [1.82, 2.24) is 4.98 Å². The molecule has 3 rings (SSSR count). The third-order valence-electron chi connectivity index (χ3n) is 3.00. The molecule has 96 valence electrons. The number of benzene rings is 2. The Morgan fingerprint density at radius 1 is 1.20 bits per heavy atom. The molecular weight excluding hydrogens is 264 g/mol. The van der Waals surface area contributed by atoms with Crippen molar-refractivity contribution in [2.45, 2.75) is 6.92 Å². The largest absolute Gasteiger partial charge is 0.235 e. The van der Waals surface area contributed by atoms with Gasteiger partial charge in [0, 0.05) is 0 Å². The van der Waals surface area contributed by atoms with Crippen LogP contribution in [0.25, 0.3) is 21.9 Å². The molecule has 20 heavy (non-hydrogen) atoms. The first-order valence-electron chi connectivity index (χ1n) is 6.31. The van der Waals surface area contributed by atoms with Crippen molar-refractivity contribution in [2.24, 2.45) is 0 Å². The predicted octanol–water partition coefficient (Wildman–Crippen LogP) is 4.67. The number of fused-ring (bicyclic) bond motifs is 1. The maximum Gasteiger partial charge on any atom is 0.135 e. The molecule has 0 saturated carbocycles. The number of nitriles is 1. The molecular formula is C17H12N2S. The number of allylic oxidation sites excluding steroid dienone is 1. The molecule has 0 saturated heterocycles. The van der Waals surface area contributed by atoms with Crippen LogP contribution in [0.3, 0.4) is 0 Å². The number of hydrogen-bond donors (Lipinski definition) is 0. The van der Waals surface area contributed by atoms with Gasteiger partial charge in [-0.2, -0.15) is 5.26 Å². The molecule has 2 aromatic carbocycles. The summed E-state index contributed by atoms with van der Waals surface area (Å²) in [4.78, 5) is 4.53. The van der Waals surface area contributed by atoms with E-state index >= 15 is 0 Å². The van der Waals surface area contributed by atoms with Gasteiger partial charge in [-0.15, -0.1) is 11.3 Å². The van der Waals surface area contributed by atoms with E-state index in [-0.39, 0.29) is 0 Å². The van der Waals surface area contributed by atoms with Crippen LogP contribution in [-0.2, 0) is 0 Å². The Labute approximate surface area is 121 Å². The maximum absolute atomic E-state index is 9.38. The zero-order valence-corrected chi connectivity index (χ0v) is 11.8. The minimum Gasteiger partial charge on any atom is -0.235 e. The molecule has 1 aromatic heterocycles. The number of aryl methyl sites for hydroxylation is 1. The Kier molecular flexibility index (Phi) is 3.32. The molecule has 0 unspecified atom stereocenters. The van der Waals surface area contributed by atoms with Gasteiger partial charge in [-0.05, 0) is 30.7 Å². The van der Waals surface area contributed by atoms with Gasteiger partial charge in [0.1, 0.15) is 11.1 Å². The lowest BCUT2D eigenvalue weighted by Crippen LogP contribution is -1.81. The maximum atomic E-state index is 9.38. The quantitative estimate of drug-likeness (QED) is 0.638. The number of aromatic nitrogens is 1. The third kappa shape index (κ3) is 2.47. The highest BCUT2D eigenvalue weighted by Crippen LogP contribution is 2.27. The van der Waals surface area contributed by atoms with Crippen molar-refractivity contribution in [3.05, 3.63) is 64.7 Å². The summed E-state index contributed by atoms with van der Waals surface area (Å²) in [6.45, 7) is 2.04. The van der Waals surface area contributed by atoms with E-state index in [4.69, 9.17) is 0 Å². The van der Waals surface area contributed by atoms with E-state index in [9.17, 15) is 5.26 Å². The van der Waals surface area contributed by atoms with E-state index in [2.05, 4.69) is 17.1 Å². The molecule has 0 fully saturated rings. The van der Waals surface area contributed by atoms with Gasteiger partial charge in [-0.1, -0.05) is 42.0 Å². The van der Waals surface area contributed by atoms with Crippen molar-refractivity contribution in [3.8, 4) is 6.07 Å². The van der Waals surface area contributed by atoms with E-state index in [1.165, 1.54) is 5.56 Å². The summed E-state index contributed by atoms with van der Waals surface area (Å²) in [6, 6.07) is 18.3. The Hall–Kier alpha value is -2.44. The monoisotopic (exact) mass is 276 g/mol. The van der Waals surface area contributed by atoms with Crippen molar-refractivity contribution >= 4 is 33.2 Å². The molecule has 2 nitrogen and oxygen atoms in total. The summed E-state index contributed by atoms with van der Waals surface area (Å²) in [5.41, 5.74) is 3.76. The number of thiazole rings is 1. The fourth-order valence-corrected chi connectivity index (χ4v) is 2.99. The molecule has 0 aliphatic carbocycles. The molecule has 0 bridgehead atoms. The molecule has 0 amide bonds. The second kappa shape index (κ2) is 5.28. The van der Waals surface area contributed by atoms with Crippen LogP contribution in [0, 0.1) is 18.3 Å². The fraction of sp³-hybridized carbons (Fsp3) is 0.0588. The predicted molar refractivity (Wildman–Crippen MR) is 84.3 cm³/mol. The summed E-state index contributed by atoms with van der Waals surface area (Å²) in [5, 5.41) is 10.2. The molecule has 3 aromatic rings. The van der Waals surface area contributed by atoms with E-state index in [0.29, 0.717) is 5.57 Å². The Bertz CT molecular complexity index is 804. The summed E-state index contributed by atoms with van der Waals surface area (Å²) < 4.78 is 1.10. The fourth-order valence-electron chi connectivity index (χ4n) is 2.06. The van der Waals surface area contributed by atoms with Crippen molar-refractivity contribution in [2.75, 3.05) is 0 Å². The number of rotatable bonds is 2. The van der Waals surface area contributed by atoms with Crippen LogP contribution in [0.1, 0.15) is 16.1 Å². The second-order valence-corrected chi connectivity index (χ2v) is 5.60. The lowest BCUT2D eigenvalue weighted by Gasteiger charge is -1.97. The number of nitrogens with zero attached hydrogens (tertiary/aromatic N) is 2. The normalized spacial score (nSPS) is 11.5. The van der Waals surface area contributed by atoms with E-state index in [1.54, 1.807) is 11.3 Å². The topological polar surface area (TPSA) is 36.7 Å². The van der Waals surface area contributed by atoms with E-state index < -0.39 is 0 Å². The highest BCUT2D eigenvalue weighted by molar-refractivity contribution is 7.19. The highest BCUT2D eigenvalue weighted by Gasteiger charge is 2.08. The molecule has 0 atom stereocenters. The molecule has 0 radical (unpaired) electrons. The highest BCUT2D eigenvalue weighted by atomic mass is 32.1. The molecule has 0 N–H and O–H groups in total. The first-order valence-corrected chi connectivity index (χ1v) is 7.12. The van der Waals surface area contributed by atoms with Crippen LogP contribution in [0.4, 0.5) is 0 Å². The molecule has 1 heterocycles. The van der Waals surface area contributed by atoms with Gasteiger partial charge in [-0.3, -0.25) is 0 Å². The SMILES string of the molecule is Cc1cccc(/C=C(\C#N)c2nc3ccccc3s2)c1. The van der Waals surface area contributed by atoms with Crippen molar-refractivity contribution < 1.29 is 0 Å². The van der Waals surface area contributed by atoms with Crippen LogP contribution in [0.5, 0.6) is 0 Å². The smallest absolute Gasteiger partial charge is 0.135 e. The van der Waals surface area contributed by atoms with Gasteiger partial charge >= 0.3 is 0 Å². The molecule has 0 aliphatic rings. The minimum atomic E-state index is 0.608. The van der Waals surface area contributed by atoms with Crippen LogP contribution >= 0.6 is 11.3 Å². The van der Waals surface area contributed by atoms with Crippen molar-refractivity contribution in [3.63, 3.8) is 0 Å². The van der Waals surface area contributed by atoms with Gasteiger partial charge in [0.25, 0.3) is 0 Å². The molecule has 0 spiro atoms. The Balaban J connectivity index is 2.07. The average molecular weight is 276 g/mol. The first kappa shape index (κ1) is 12.6. The zero-order chi connectivity index (χ0) is 13.9. The summed E-state index contributed by atoms with van der Waals surface area (Å²) >= 11 is 1.55. The van der Waals surface area contributed by atoms with E-state index in [1.807, 2.05) is 55.5 Å². The minimum absolute atomic E-state index is 0.608.